The second-order valence-corrected chi connectivity index (χ2v) is 7.30. The van der Waals surface area contributed by atoms with Crippen molar-refractivity contribution in [1.29, 1.82) is 0 Å². The molecule has 0 unspecified atom stereocenters. The highest BCUT2D eigenvalue weighted by atomic mass is 32.2. The van der Waals surface area contributed by atoms with Gasteiger partial charge in [-0.3, -0.25) is 0 Å². The van der Waals surface area contributed by atoms with Crippen LogP contribution in [-0.2, 0) is 16.4 Å². The van der Waals surface area contributed by atoms with E-state index in [1.54, 1.807) is 13.1 Å². The zero-order chi connectivity index (χ0) is 11.8. The van der Waals surface area contributed by atoms with Gasteiger partial charge in [-0.1, -0.05) is 6.92 Å². The molecular formula is C10H16N2O2S2. The molecule has 0 bridgehead atoms. The maximum absolute atomic E-state index is 12.2. The Kier molecular flexibility index (Phi) is 3.34. The first-order chi connectivity index (χ1) is 7.55. The third kappa shape index (κ3) is 2.02. The molecule has 0 spiro atoms. The molecule has 0 amide bonds. The lowest BCUT2D eigenvalue weighted by Gasteiger charge is -2.34. The van der Waals surface area contributed by atoms with Crippen LogP contribution < -0.4 is 5.32 Å². The van der Waals surface area contributed by atoms with Crippen LogP contribution in [0.5, 0.6) is 0 Å². The highest BCUT2D eigenvalue weighted by Gasteiger charge is 2.32. The average molecular weight is 260 g/mol. The van der Waals surface area contributed by atoms with Crippen molar-refractivity contribution >= 4 is 21.4 Å². The van der Waals surface area contributed by atoms with Gasteiger partial charge in [0.25, 0.3) is 10.0 Å². The van der Waals surface area contributed by atoms with Crippen molar-refractivity contribution in [2.24, 2.45) is 0 Å². The molecule has 0 aromatic carbocycles. The summed E-state index contributed by atoms with van der Waals surface area (Å²) in [5, 5.41) is 3.08. The van der Waals surface area contributed by atoms with E-state index in [1.807, 2.05) is 13.0 Å². The number of thiophene rings is 1. The van der Waals surface area contributed by atoms with Gasteiger partial charge in [0.2, 0.25) is 0 Å². The molecule has 1 saturated heterocycles. The van der Waals surface area contributed by atoms with Crippen LogP contribution in [0.1, 0.15) is 11.8 Å². The molecule has 2 heterocycles. The van der Waals surface area contributed by atoms with E-state index < -0.39 is 10.0 Å². The lowest BCUT2D eigenvalue weighted by molar-refractivity contribution is 0.274. The Morgan fingerprint density at radius 1 is 1.50 bits per heavy atom. The molecule has 6 heteroatoms. The molecule has 1 fully saturated rings. The summed E-state index contributed by atoms with van der Waals surface area (Å²) in [6.45, 7) is 3.53. The van der Waals surface area contributed by atoms with Crippen LogP contribution in [-0.4, -0.2) is 38.9 Å². The molecule has 1 aromatic rings. The molecule has 4 nitrogen and oxygen atoms in total. The molecule has 0 aliphatic carbocycles. The predicted octanol–water partition coefficient (Wildman–Crippen LogP) is 0.903. The Labute approximate surface area is 100 Å². The van der Waals surface area contributed by atoms with Crippen molar-refractivity contribution in [3.8, 4) is 0 Å². The Hall–Kier alpha value is -0.430. The van der Waals surface area contributed by atoms with E-state index in [4.69, 9.17) is 0 Å². The molecule has 16 heavy (non-hydrogen) atoms. The van der Waals surface area contributed by atoms with E-state index in [0.29, 0.717) is 4.21 Å². The van der Waals surface area contributed by atoms with Crippen LogP contribution in [0.2, 0.25) is 0 Å². The molecule has 0 atom stereocenters. The SMILES string of the molecule is CCc1ccc(S(=O)(=O)N(C)C2CNC2)s1. The summed E-state index contributed by atoms with van der Waals surface area (Å²) >= 11 is 1.37. The first-order valence-corrected chi connectivity index (χ1v) is 7.59. The minimum absolute atomic E-state index is 0.108. The number of likely N-dealkylation sites (N-methyl/N-ethyl adjacent to an activating group) is 1. The first-order valence-electron chi connectivity index (χ1n) is 5.33. The van der Waals surface area contributed by atoms with Crippen LogP contribution in [0.15, 0.2) is 16.3 Å². The number of rotatable bonds is 4. The fraction of sp³-hybridized carbons (Fsp3) is 0.600. The quantitative estimate of drug-likeness (QED) is 0.875. The number of nitrogens with one attached hydrogen (secondary N) is 1. The van der Waals surface area contributed by atoms with E-state index in [1.165, 1.54) is 15.6 Å². The van der Waals surface area contributed by atoms with Crippen molar-refractivity contribution in [3.63, 3.8) is 0 Å². The maximum Gasteiger partial charge on any atom is 0.252 e. The molecule has 1 aromatic heterocycles. The highest BCUT2D eigenvalue weighted by Crippen LogP contribution is 2.26. The zero-order valence-electron chi connectivity index (χ0n) is 9.43. The predicted molar refractivity (Wildman–Crippen MR) is 65.3 cm³/mol. The summed E-state index contributed by atoms with van der Waals surface area (Å²) in [7, 11) is -1.62. The first kappa shape index (κ1) is 12.0. The van der Waals surface area contributed by atoms with Crippen molar-refractivity contribution in [3.05, 3.63) is 17.0 Å². The number of nitrogens with zero attached hydrogens (tertiary/aromatic N) is 1. The van der Waals surface area contributed by atoms with Crippen molar-refractivity contribution in [1.82, 2.24) is 9.62 Å². The summed E-state index contributed by atoms with van der Waals surface area (Å²) in [6.07, 6.45) is 0.884. The van der Waals surface area contributed by atoms with Gasteiger partial charge in [-0.15, -0.1) is 11.3 Å². The minimum atomic E-state index is -3.28. The van der Waals surface area contributed by atoms with Gasteiger partial charge in [0.15, 0.2) is 0 Å². The van der Waals surface area contributed by atoms with Crippen molar-refractivity contribution in [2.45, 2.75) is 23.6 Å². The van der Waals surface area contributed by atoms with E-state index in [0.717, 1.165) is 24.4 Å². The van der Waals surface area contributed by atoms with Crippen LogP contribution in [0.3, 0.4) is 0 Å². The smallest absolute Gasteiger partial charge is 0.252 e. The van der Waals surface area contributed by atoms with Crippen LogP contribution in [0.4, 0.5) is 0 Å². The third-order valence-electron chi connectivity index (χ3n) is 2.89. The number of hydrogen-bond acceptors (Lipinski definition) is 4. The van der Waals surface area contributed by atoms with Gasteiger partial charge in [0.05, 0.1) is 0 Å². The molecule has 1 aliphatic rings. The van der Waals surface area contributed by atoms with Gasteiger partial charge in [-0.25, -0.2) is 8.42 Å². The molecule has 1 N–H and O–H groups in total. The standard InChI is InChI=1S/C10H16N2O2S2/c1-3-9-4-5-10(15-9)16(13,14)12(2)8-6-11-7-8/h4-5,8,11H,3,6-7H2,1-2H3. The summed E-state index contributed by atoms with van der Waals surface area (Å²) < 4.78 is 26.3. The Morgan fingerprint density at radius 2 is 2.19 bits per heavy atom. The normalized spacial score (nSPS) is 17.7. The average Bonchev–Trinajstić information content (AvgIpc) is 2.63. The van der Waals surface area contributed by atoms with Crippen LogP contribution in [0, 0.1) is 0 Å². The molecule has 2 rings (SSSR count). The second-order valence-electron chi connectivity index (χ2n) is 3.91. The Balaban J connectivity index is 2.23. The summed E-state index contributed by atoms with van der Waals surface area (Å²) in [6, 6.07) is 3.71. The van der Waals surface area contributed by atoms with Crippen molar-refractivity contribution < 1.29 is 8.42 Å². The van der Waals surface area contributed by atoms with Gasteiger partial charge < -0.3 is 5.32 Å². The Bertz CT molecular complexity index is 463. The molecular weight excluding hydrogens is 244 g/mol. The molecule has 0 radical (unpaired) electrons. The lowest BCUT2D eigenvalue weighted by atomic mass is 10.2. The van der Waals surface area contributed by atoms with Crippen molar-refractivity contribution in [2.75, 3.05) is 20.1 Å². The van der Waals surface area contributed by atoms with E-state index >= 15 is 0 Å². The topological polar surface area (TPSA) is 49.4 Å². The van der Waals surface area contributed by atoms with Gasteiger partial charge in [0, 0.05) is 31.1 Å². The van der Waals surface area contributed by atoms with Crippen LogP contribution in [0.25, 0.3) is 0 Å². The fourth-order valence-electron chi connectivity index (χ4n) is 1.56. The van der Waals surface area contributed by atoms with E-state index in [9.17, 15) is 8.42 Å². The van der Waals surface area contributed by atoms with Crippen LogP contribution >= 0.6 is 11.3 Å². The fourth-order valence-corrected chi connectivity index (χ4v) is 4.39. The van der Waals surface area contributed by atoms with Gasteiger partial charge >= 0.3 is 0 Å². The van der Waals surface area contributed by atoms with Gasteiger partial charge in [0.1, 0.15) is 4.21 Å². The third-order valence-corrected chi connectivity index (χ3v) is 6.50. The second kappa shape index (κ2) is 4.44. The minimum Gasteiger partial charge on any atom is -0.313 e. The molecule has 0 saturated carbocycles. The summed E-state index contributed by atoms with van der Waals surface area (Å²) in [5.74, 6) is 0. The number of sulfonamides is 1. The number of hydrogen-bond donors (Lipinski definition) is 1. The van der Waals surface area contributed by atoms with E-state index in [2.05, 4.69) is 5.32 Å². The molecule has 90 valence electrons. The summed E-state index contributed by atoms with van der Waals surface area (Å²) in [5.41, 5.74) is 0. The largest absolute Gasteiger partial charge is 0.313 e. The van der Waals surface area contributed by atoms with E-state index in [-0.39, 0.29) is 6.04 Å². The number of aryl methyl sites for hydroxylation is 1. The zero-order valence-corrected chi connectivity index (χ0v) is 11.1. The lowest BCUT2D eigenvalue weighted by Crippen LogP contribution is -2.57. The highest BCUT2D eigenvalue weighted by molar-refractivity contribution is 7.91. The van der Waals surface area contributed by atoms with Gasteiger partial charge in [-0.2, -0.15) is 4.31 Å². The van der Waals surface area contributed by atoms with Gasteiger partial charge in [-0.05, 0) is 18.6 Å². The molecule has 1 aliphatic heterocycles. The Morgan fingerprint density at radius 3 is 2.62 bits per heavy atom. The summed E-state index contributed by atoms with van der Waals surface area (Å²) in [4.78, 5) is 1.11. The monoisotopic (exact) mass is 260 g/mol. The maximum atomic E-state index is 12.2.